The van der Waals surface area contributed by atoms with Crippen molar-refractivity contribution in [1.82, 2.24) is 25.6 Å². The van der Waals surface area contributed by atoms with Gasteiger partial charge in [0.25, 0.3) is 0 Å². The Balaban J connectivity index is 0.000000861. The van der Waals surface area contributed by atoms with Gasteiger partial charge < -0.3 is 10.9 Å². The number of nitrogens with zero attached hydrogens (tertiary/aromatic N) is 4. The summed E-state index contributed by atoms with van der Waals surface area (Å²) in [5.74, 6) is 0.889. The zero-order valence-electron chi connectivity index (χ0n) is 21.4. The van der Waals surface area contributed by atoms with Gasteiger partial charge in [0.05, 0.1) is 6.20 Å². The fourth-order valence-corrected chi connectivity index (χ4v) is 4.19. The second kappa shape index (κ2) is 13.5. The van der Waals surface area contributed by atoms with E-state index in [1.807, 2.05) is 36.7 Å². The lowest BCUT2D eigenvalue weighted by Crippen LogP contribution is -2.33. The molecule has 7 heteroatoms. The molecule has 2 aromatic carbocycles. The average Bonchev–Trinajstić information content (AvgIpc) is 3.34. The molecule has 0 bridgehead atoms. The molecule has 3 heterocycles. The topological polar surface area (TPSA) is 94.7 Å². The van der Waals surface area contributed by atoms with E-state index in [-0.39, 0.29) is 6.15 Å². The van der Waals surface area contributed by atoms with Crippen LogP contribution < -0.4 is 10.9 Å². The first-order valence-electron chi connectivity index (χ1n) is 12.6. The van der Waals surface area contributed by atoms with E-state index >= 15 is 0 Å². The largest absolute Gasteiger partial charge is 0.492 e. The van der Waals surface area contributed by atoms with E-state index in [1.165, 1.54) is 38.8 Å². The molecule has 0 aliphatic carbocycles. The molecule has 36 heavy (non-hydrogen) atoms. The highest BCUT2D eigenvalue weighted by Gasteiger charge is 2.11. The third-order valence-corrected chi connectivity index (χ3v) is 6.03. The Bertz CT molecular complexity index is 1210. The Kier molecular flexibility index (Phi) is 10.2. The Morgan fingerprint density at radius 2 is 1.56 bits per heavy atom. The summed E-state index contributed by atoms with van der Waals surface area (Å²) in [6.07, 6.45) is 11.7. The lowest BCUT2D eigenvalue weighted by molar-refractivity contribution is 0.112. The van der Waals surface area contributed by atoms with Gasteiger partial charge in [0.2, 0.25) is 0 Å². The number of fused-ring (bicyclic) bond motifs is 1. The molecule has 1 aliphatic rings. The summed E-state index contributed by atoms with van der Waals surface area (Å²) in [5, 5.41) is 4.48. The van der Waals surface area contributed by atoms with Crippen molar-refractivity contribution in [3.63, 3.8) is 0 Å². The SMILES string of the molecule is CCC.N.O=Cc1ccc(-c2cnn3cc(-c4ccc(OCCN5CCCCC5)cc4)cnc23)cc1. The highest BCUT2D eigenvalue weighted by atomic mass is 16.5. The predicted molar refractivity (Wildman–Crippen MR) is 146 cm³/mol. The molecule has 5 rings (SSSR count). The zero-order valence-corrected chi connectivity index (χ0v) is 21.4. The van der Waals surface area contributed by atoms with Gasteiger partial charge in [-0.25, -0.2) is 9.50 Å². The maximum atomic E-state index is 10.9. The normalized spacial score (nSPS) is 13.4. The number of likely N-dealkylation sites (tertiary alicyclic amines) is 1. The number of benzene rings is 2. The molecular formula is C29H37N5O2. The first kappa shape index (κ1) is 27.0. The smallest absolute Gasteiger partial charge is 0.162 e. The maximum Gasteiger partial charge on any atom is 0.162 e. The lowest BCUT2D eigenvalue weighted by atomic mass is 10.1. The van der Waals surface area contributed by atoms with Crippen LogP contribution in [0.3, 0.4) is 0 Å². The number of hydrogen-bond donors (Lipinski definition) is 1. The molecule has 2 aromatic heterocycles. The number of rotatable bonds is 7. The molecule has 3 N–H and O–H groups in total. The standard InChI is InChI=1S/C26H26N4O2.C3H8.H3N/c31-19-20-4-6-22(7-5-20)25-17-28-30-18-23(16-27-26(25)30)21-8-10-24(11-9-21)32-15-14-29-12-2-1-3-13-29;1-3-2;/h4-11,16-19H,1-3,12-15H2;3H2,1-2H3;1H3. The summed E-state index contributed by atoms with van der Waals surface area (Å²) < 4.78 is 7.74. The van der Waals surface area contributed by atoms with Crippen molar-refractivity contribution in [3.05, 3.63) is 72.7 Å². The van der Waals surface area contributed by atoms with Gasteiger partial charge in [-0.05, 0) is 49.2 Å². The summed E-state index contributed by atoms with van der Waals surface area (Å²) in [6.45, 7) is 8.34. The molecule has 0 atom stereocenters. The number of piperidine rings is 1. The third kappa shape index (κ3) is 6.77. The van der Waals surface area contributed by atoms with Crippen LogP contribution in [0, 0.1) is 0 Å². The fourth-order valence-electron chi connectivity index (χ4n) is 4.19. The van der Waals surface area contributed by atoms with Crippen LogP contribution in [-0.2, 0) is 0 Å². The molecule has 0 spiro atoms. The van der Waals surface area contributed by atoms with Crippen molar-refractivity contribution >= 4 is 11.9 Å². The molecule has 1 saturated heterocycles. The summed E-state index contributed by atoms with van der Waals surface area (Å²) in [4.78, 5) is 18.0. The summed E-state index contributed by atoms with van der Waals surface area (Å²) in [6, 6.07) is 15.6. The summed E-state index contributed by atoms with van der Waals surface area (Å²) >= 11 is 0. The first-order valence-corrected chi connectivity index (χ1v) is 12.6. The van der Waals surface area contributed by atoms with Crippen molar-refractivity contribution in [2.45, 2.75) is 39.5 Å². The van der Waals surface area contributed by atoms with Gasteiger partial charge in [0, 0.05) is 35.6 Å². The van der Waals surface area contributed by atoms with E-state index < -0.39 is 0 Å². The Hall–Kier alpha value is -3.55. The molecule has 190 valence electrons. The summed E-state index contributed by atoms with van der Waals surface area (Å²) in [5.41, 5.74) is 5.41. The molecule has 0 amide bonds. The van der Waals surface area contributed by atoms with Crippen molar-refractivity contribution < 1.29 is 9.53 Å². The van der Waals surface area contributed by atoms with E-state index in [0.717, 1.165) is 53.1 Å². The van der Waals surface area contributed by atoms with Crippen LogP contribution in [-0.4, -0.2) is 52.0 Å². The second-order valence-electron chi connectivity index (χ2n) is 8.89. The number of hydrogen-bond acceptors (Lipinski definition) is 6. The van der Waals surface area contributed by atoms with Crippen molar-refractivity contribution in [3.8, 4) is 28.0 Å². The van der Waals surface area contributed by atoms with Gasteiger partial charge in [-0.2, -0.15) is 5.10 Å². The first-order chi connectivity index (χ1) is 17.2. The minimum atomic E-state index is 0. The highest BCUT2D eigenvalue weighted by molar-refractivity contribution is 5.81. The maximum absolute atomic E-state index is 10.9. The Morgan fingerprint density at radius 3 is 2.22 bits per heavy atom. The van der Waals surface area contributed by atoms with Gasteiger partial charge in [-0.3, -0.25) is 9.69 Å². The monoisotopic (exact) mass is 487 g/mol. The molecule has 0 radical (unpaired) electrons. The van der Waals surface area contributed by atoms with Crippen LogP contribution in [0.1, 0.15) is 49.9 Å². The lowest BCUT2D eigenvalue weighted by Gasteiger charge is -2.26. The second-order valence-corrected chi connectivity index (χ2v) is 8.89. The van der Waals surface area contributed by atoms with Crippen LogP contribution in [0.25, 0.3) is 27.9 Å². The van der Waals surface area contributed by atoms with Gasteiger partial charge in [-0.1, -0.05) is 63.1 Å². The molecule has 7 nitrogen and oxygen atoms in total. The quantitative estimate of drug-likeness (QED) is 0.307. The van der Waals surface area contributed by atoms with Gasteiger partial charge in [0.15, 0.2) is 5.65 Å². The van der Waals surface area contributed by atoms with Crippen LogP contribution in [0.5, 0.6) is 5.75 Å². The van der Waals surface area contributed by atoms with Crippen LogP contribution in [0.2, 0.25) is 0 Å². The minimum Gasteiger partial charge on any atom is -0.492 e. The number of ether oxygens (including phenoxy) is 1. The number of aldehydes is 1. The number of aromatic nitrogens is 3. The molecule has 1 aliphatic heterocycles. The van der Waals surface area contributed by atoms with Crippen molar-refractivity contribution in [2.75, 3.05) is 26.2 Å². The van der Waals surface area contributed by atoms with Gasteiger partial charge in [0.1, 0.15) is 18.6 Å². The summed E-state index contributed by atoms with van der Waals surface area (Å²) in [7, 11) is 0. The van der Waals surface area contributed by atoms with E-state index in [1.54, 1.807) is 22.8 Å². The predicted octanol–water partition coefficient (Wildman–Crippen LogP) is 6.32. The highest BCUT2D eigenvalue weighted by Crippen LogP contribution is 2.26. The third-order valence-electron chi connectivity index (χ3n) is 6.03. The van der Waals surface area contributed by atoms with Gasteiger partial charge in [-0.15, -0.1) is 0 Å². The molecule has 0 saturated carbocycles. The minimum absolute atomic E-state index is 0. The molecule has 0 unspecified atom stereocenters. The van der Waals surface area contributed by atoms with Crippen LogP contribution in [0.15, 0.2) is 67.1 Å². The average molecular weight is 488 g/mol. The Morgan fingerprint density at radius 1 is 0.889 bits per heavy atom. The van der Waals surface area contributed by atoms with Crippen molar-refractivity contribution in [1.29, 1.82) is 0 Å². The van der Waals surface area contributed by atoms with E-state index in [2.05, 4.69) is 41.0 Å². The number of carbonyl (C=O) groups is 1. The van der Waals surface area contributed by atoms with Gasteiger partial charge >= 0.3 is 0 Å². The van der Waals surface area contributed by atoms with E-state index in [9.17, 15) is 4.79 Å². The molecule has 4 aromatic rings. The molecular weight excluding hydrogens is 450 g/mol. The van der Waals surface area contributed by atoms with E-state index in [4.69, 9.17) is 4.74 Å². The van der Waals surface area contributed by atoms with Crippen molar-refractivity contribution in [2.24, 2.45) is 0 Å². The Labute approximate surface area is 213 Å². The van der Waals surface area contributed by atoms with Crippen LogP contribution in [0.4, 0.5) is 0 Å². The van der Waals surface area contributed by atoms with Crippen LogP contribution >= 0.6 is 0 Å². The van der Waals surface area contributed by atoms with E-state index in [0.29, 0.717) is 5.56 Å². The zero-order chi connectivity index (χ0) is 24.5. The number of carbonyl (C=O) groups excluding carboxylic acids is 1. The molecule has 1 fully saturated rings. The fraction of sp³-hybridized carbons (Fsp3) is 0.345.